The van der Waals surface area contributed by atoms with Gasteiger partial charge in [0, 0.05) is 0 Å². The van der Waals surface area contributed by atoms with Crippen LogP contribution < -0.4 is 0 Å². The predicted octanol–water partition coefficient (Wildman–Crippen LogP) is 7.35. The molecule has 1 nitrogen and oxygen atoms in total. The predicted molar refractivity (Wildman–Crippen MR) is 105 cm³/mol. The van der Waals surface area contributed by atoms with Crippen LogP contribution in [0.4, 0.5) is 0 Å². The lowest BCUT2D eigenvalue weighted by molar-refractivity contribution is 0.212. The maximum Gasteiger partial charge on any atom is 0.121 e. The third kappa shape index (κ3) is 15.9. The van der Waals surface area contributed by atoms with Gasteiger partial charge in [0.1, 0.15) is 6.07 Å². The van der Waals surface area contributed by atoms with Crippen molar-refractivity contribution in [1.29, 1.82) is 0 Å². The van der Waals surface area contributed by atoms with E-state index in [-0.39, 0.29) is 6.07 Å². The van der Waals surface area contributed by atoms with Crippen LogP contribution in [0.15, 0.2) is 46.6 Å². The summed E-state index contributed by atoms with van der Waals surface area (Å²) < 4.78 is 5.11. The Morgan fingerprint density at radius 3 is 1.57 bits per heavy atom. The lowest BCUT2D eigenvalue weighted by Crippen LogP contribution is -1.88. The summed E-state index contributed by atoms with van der Waals surface area (Å²) in [6.45, 7) is 11.6. The first-order chi connectivity index (χ1) is 11.0. The van der Waals surface area contributed by atoms with E-state index in [1.54, 1.807) is 0 Å². The summed E-state index contributed by atoms with van der Waals surface area (Å²) >= 11 is 5.47. The molecule has 23 heavy (non-hydrogen) atoms. The lowest BCUT2D eigenvalue weighted by atomic mass is 10.0. The molecule has 0 aromatic heterocycles. The fourth-order valence-corrected chi connectivity index (χ4v) is 2.32. The van der Waals surface area contributed by atoms with Gasteiger partial charge >= 0.3 is 0 Å². The highest BCUT2D eigenvalue weighted by molar-refractivity contribution is 6.17. The molecule has 0 fully saturated rings. The summed E-state index contributed by atoms with van der Waals surface area (Å²) in [5.74, 6) is 0. The van der Waals surface area contributed by atoms with Crippen molar-refractivity contribution in [3.63, 3.8) is 0 Å². The topological polar surface area (TPSA) is 9.23 Å². The van der Waals surface area contributed by atoms with E-state index in [9.17, 15) is 0 Å². The maximum atomic E-state index is 5.47. The van der Waals surface area contributed by atoms with Crippen molar-refractivity contribution in [3.05, 3.63) is 46.6 Å². The van der Waals surface area contributed by atoms with Crippen molar-refractivity contribution in [1.82, 2.24) is 0 Å². The Morgan fingerprint density at radius 1 is 0.696 bits per heavy atom. The van der Waals surface area contributed by atoms with Crippen molar-refractivity contribution in [2.75, 3.05) is 12.7 Å². The van der Waals surface area contributed by atoms with E-state index in [4.69, 9.17) is 16.3 Å². The molecule has 0 atom stereocenters. The minimum absolute atomic E-state index is 0.268. The smallest absolute Gasteiger partial charge is 0.121 e. The number of alkyl halides is 1. The van der Waals surface area contributed by atoms with Gasteiger partial charge in [0.15, 0.2) is 0 Å². The Labute approximate surface area is 149 Å². The van der Waals surface area contributed by atoms with E-state index < -0.39 is 0 Å². The number of rotatable bonds is 12. The van der Waals surface area contributed by atoms with E-state index in [1.807, 2.05) is 0 Å². The first-order valence-corrected chi connectivity index (χ1v) is 9.23. The molecule has 0 aliphatic heterocycles. The van der Waals surface area contributed by atoms with Crippen molar-refractivity contribution in [3.8, 4) is 0 Å². The molecule has 0 bridgehead atoms. The molecule has 0 amide bonds. The van der Waals surface area contributed by atoms with Gasteiger partial charge in [0.2, 0.25) is 0 Å². The van der Waals surface area contributed by atoms with Crippen molar-refractivity contribution in [2.45, 2.75) is 73.1 Å². The normalized spacial score (nSPS) is 13.4. The van der Waals surface area contributed by atoms with Crippen molar-refractivity contribution < 1.29 is 4.74 Å². The van der Waals surface area contributed by atoms with Crippen LogP contribution in [-0.2, 0) is 4.74 Å². The largest absolute Gasteiger partial charge is 0.362 e. The number of ether oxygens (including phenoxy) is 1. The third-order valence-corrected chi connectivity index (χ3v) is 3.94. The zero-order valence-corrected chi connectivity index (χ0v) is 16.5. The van der Waals surface area contributed by atoms with Crippen LogP contribution in [0.2, 0.25) is 0 Å². The molecule has 2 heteroatoms. The molecule has 0 heterocycles. The van der Waals surface area contributed by atoms with Gasteiger partial charge in [-0.15, -0.1) is 0 Å². The summed E-state index contributed by atoms with van der Waals surface area (Å²) in [5.41, 5.74) is 5.78. The molecule has 0 saturated carbocycles. The molecule has 0 unspecified atom stereocenters. The summed E-state index contributed by atoms with van der Waals surface area (Å²) in [6.07, 6.45) is 16.1. The Kier molecular flexibility index (Phi) is 14.3. The van der Waals surface area contributed by atoms with Crippen LogP contribution in [0.25, 0.3) is 0 Å². The van der Waals surface area contributed by atoms with Crippen LogP contribution in [0.1, 0.15) is 73.1 Å². The second-order valence-corrected chi connectivity index (χ2v) is 6.75. The van der Waals surface area contributed by atoms with E-state index in [1.165, 1.54) is 35.1 Å². The van der Waals surface area contributed by atoms with Gasteiger partial charge in [-0.1, -0.05) is 58.2 Å². The molecule has 0 aromatic rings. The summed E-state index contributed by atoms with van der Waals surface area (Å²) in [5, 5.41) is 0. The highest BCUT2D eigenvalue weighted by Gasteiger charge is 1.93. The first-order valence-electron chi connectivity index (χ1n) is 8.69. The first kappa shape index (κ1) is 22.2. The number of halogens is 1. The lowest BCUT2D eigenvalue weighted by Gasteiger charge is -2.03. The second-order valence-electron chi connectivity index (χ2n) is 6.53. The van der Waals surface area contributed by atoms with Gasteiger partial charge in [-0.3, -0.25) is 0 Å². The van der Waals surface area contributed by atoms with Gasteiger partial charge < -0.3 is 4.74 Å². The van der Waals surface area contributed by atoms with Crippen LogP contribution in [0.3, 0.4) is 0 Å². The molecular formula is C21H35ClO. The summed E-state index contributed by atoms with van der Waals surface area (Å²) in [4.78, 5) is 0. The van der Waals surface area contributed by atoms with E-state index in [0.29, 0.717) is 6.61 Å². The zero-order valence-electron chi connectivity index (χ0n) is 15.8. The summed E-state index contributed by atoms with van der Waals surface area (Å²) in [6, 6.07) is 0.268. The average Bonchev–Trinajstić information content (AvgIpc) is 2.47. The molecule has 0 radical (unpaired) electrons. The van der Waals surface area contributed by atoms with Crippen LogP contribution in [-0.4, -0.2) is 12.7 Å². The van der Waals surface area contributed by atoms with Crippen LogP contribution in [0.5, 0.6) is 0 Å². The quantitative estimate of drug-likeness (QED) is 0.205. The van der Waals surface area contributed by atoms with Gasteiger partial charge in [-0.2, -0.15) is 0 Å². The molecule has 0 aromatic carbocycles. The molecular weight excluding hydrogens is 304 g/mol. The number of allylic oxidation sites excluding steroid dienone is 7. The van der Waals surface area contributed by atoms with Crippen LogP contribution in [0, 0.1) is 0 Å². The fraction of sp³-hybridized carbons (Fsp3) is 0.619. The van der Waals surface area contributed by atoms with E-state index in [2.05, 4.69) is 58.9 Å². The second kappa shape index (κ2) is 14.8. The zero-order chi connectivity index (χ0) is 17.5. The number of hydrogen-bond donors (Lipinski definition) is 0. The SMILES string of the molecule is CC(C)=CCC/C(C)=C/CC/C(C)=C/CC/C(C)=C/COCCl. The monoisotopic (exact) mass is 338 g/mol. The minimum atomic E-state index is 0.268. The van der Waals surface area contributed by atoms with Gasteiger partial charge in [0.25, 0.3) is 0 Å². The van der Waals surface area contributed by atoms with Crippen LogP contribution >= 0.6 is 11.6 Å². The molecule has 0 rings (SSSR count). The highest BCUT2D eigenvalue weighted by atomic mass is 35.5. The maximum absolute atomic E-state index is 5.47. The Balaban J connectivity index is 3.93. The summed E-state index contributed by atoms with van der Waals surface area (Å²) in [7, 11) is 0. The number of hydrogen-bond acceptors (Lipinski definition) is 1. The molecule has 0 aliphatic carbocycles. The Bertz CT molecular complexity index is 423. The Hall–Kier alpha value is -0.790. The standard InChI is InChI=1S/C21H35ClO/c1-18(2)9-6-10-19(3)11-7-12-20(4)13-8-14-21(5)15-16-23-17-22/h9,11,13,15H,6-8,10,12,14,16-17H2,1-5H3/b19-11+,20-13+,21-15+. The molecule has 0 saturated heterocycles. The van der Waals surface area contributed by atoms with Gasteiger partial charge in [-0.25, -0.2) is 0 Å². The fourth-order valence-electron chi connectivity index (χ4n) is 2.23. The minimum Gasteiger partial charge on any atom is -0.362 e. The van der Waals surface area contributed by atoms with E-state index >= 15 is 0 Å². The van der Waals surface area contributed by atoms with Crippen molar-refractivity contribution >= 4 is 11.6 Å². The molecule has 0 aliphatic rings. The van der Waals surface area contributed by atoms with Gasteiger partial charge in [0.05, 0.1) is 6.61 Å². The molecule has 0 N–H and O–H groups in total. The highest BCUT2D eigenvalue weighted by Crippen LogP contribution is 2.13. The molecule has 132 valence electrons. The van der Waals surface area contributed by atoms with Crippen molar-refractivity contribution in [2.24, 2.45) is 0 Å². The Morgan fingerprint density at radius 2 is 1.13 bits per heavy atom. The van der Waals surface area contributed by atoms with E-state index in [0.717, 1.165) is 25.7 Å². The van der Waals surface area contributed by atoms with Gasteiger partial charge in [-0.05, 0) is 73.1 Å². The molecule has 0 spiro atoms. The average molecular weight is 339 g/mol. The third-order valence-electron chi connectivity index (χ3n) is 3.78.